The molecule has 0 amide bonds. The molecule has 3 rings (SSSR count). The van der Waals surface area contributed by atoms with Gasteiger partial charge in [-0.3, -0.25) is 0 Å². The monoisotopic (exact) mass is 364 g/mol. The maximum Gasteiger partial charge on any atom is 0.214 e. The molecule has 1 aromatic heterocycles. The van der Waals surface area contributed by atoms with E-state index in [0.717, 1.165) is 5.56 Å². The van der Waals surface area contributed by atoms with E-state index in [1.165, 1.54) is 6.07 Å². The van der Waals surface area contributed by atoms with Gasteiger partial charge in [0.05, 0.1) is 19.2 Å². The Balaban J connectivity index is 1.96. The Labute approximate surface area is 148 Å². The standard InChI is InChI=1S/C16H14ClFN4OS/c1-23-14-8-3-2-5-10(14)15-20-21-16(24)22(15)19-9-11-12(17)6-4-7-13(11)18/h2-8,19H,9H2,1H3,(H,21,24). The summed E-state index contributed by atoms with van der Waals surface area (Å²) >= 11 is 11.3. The number of nitrogens with one attached hydrogen (secondary N) is 2. The second kappa shape index (κ2) is 7.02. The van der Waals surface area contributed by atoms with Crippen molar-refractivity contribution in [3.63, 3.8) is 0 Å². The molecule has 0 bridgehead atoms. The smallest absolute Gasteiger partial charge is 0.214 e. The molecular weight excluding hydrogens is 351 g/mol. The second-order valence-electron chi connectivity index (χ2n) is 4.92. The van der Waals surface area contributed by atoms with Gasteiger partial charge in [-0.2, -0.15) is 5.10 Å². The molecule has 0 saturated carbocycles. The van der Waals surface area contributed by atoms with Crippen LogP contribution in [0, 0.1) is 10.6 Å². The van der Waals surface area contributed by atoms with E-state index < -0.39 is 0 Å². The lowest BCUT2D eigenvalue weighted by Crippen LogP contribution is -2.17. The third-order valence-corrected chi connectivity index (χ3v) is 4.12. The first-order valence-corrected chi connectivity index (χ1v) is 7.88. The molecule has 0 aliphatic rings. The van der Waals surface area contributed by atoms with Crippen molar-refractivity contribution in [1.82, 2.24) is 14.9 Å². The first-order chi connectivity index (χ1) is 11.6. The number of hydrogen-bond acceptors (Lipinski definition) is 4. The second-order valence-corrected chi connectivity index (χ2v) is 5.72. The van der Waals surface area contributed by atoms with Gasteiger partial charge < -0.3 is 10.2 Å². The Morgan fingerprint density at radius 2 is 2.08 bits per heavy atom. The molecule has 2 aromatic carbocycles. The van der Waals surface area contributed by atoms with E-state index in [4.69, 9.17) is 28.6 Å². The van der Waals surface area contributed by atoms with Crippen molar-refractivity contribution in [3.8, 4) is 17.1 Å². The van der Waals surface area contributed by atoms with Crippen molar-refractivity contribution < 1.29 is 9.13 Å². The Hall–Kier alpha value is -2.38. The number of rotatable bonds is 5. The molecule has 24 heavy (non-hydrogen) atoms. The maximum atomic E-state index is 13.9. The zero-order valence-electron chi connectivity index (χ0n) is 12.7. The summed E-state index contributed by atoms with van der Waals surface area (Å²) < 4.78 is 21.2. The summed E-state index contributed by atoms with van der Waals surface area (Å²) in [5, 5.41) is 7.30. The molecule has 5 nitrogen and oxygen atoms in total. The van der Waals surface area contributed by atoms with Crippen molar-refractivity contribution in [2.45, 2.75) is 6.54 Å². The van der Waals surface area contributed by atoms with Crippen LogP contribution in [0.3, 0.4) is 0 Å². The number of para-hydroxylation sites is 1. The number of ether oxygens (including phenoxy) is 1. The van der Waals surface area contributed by atoms with Crippen LogP contribution in [0.1, 0.15) is 5.56 Å². The number of nitrogens with zero attached hydrogens (tertiary/aromatic N) is 2. The van der Waals surface area contributed by atoms with E-state index in [2.05, 4.69) is 15.6 Å². The predicted molar refractivity (Wildman–Crippen MR) is 93.9 cm³/mol. The summed E-state index contributed by atoms with van der Waals surface area (Å²) in [6, 6.07) is 12.0. The quantitative estimate of drug-likeness (QED) is 0.668. The van der Waals surface area contributed by atoms with Gasteiger partial charge in [0.15, 0.2) is 5.82 Å². The molecule has 0 unspecified atom stereocenters. The number of H-pyrrole nitrogens is 1. The maximum absolute atomic E-state index is 13.9. The molecular formula is C16H14ClFN4OS. The Morgan fingerprint density at radius 1 is 1.29 bits per heavy atom. The van der Waals surface area contributed by atoms with Gasteiger partial charge in [0.2, 0.25) is 4.77 Å². The van der Waals surface area contributed by atoms with E-state index in [1.54, 1.807) is 23.9 Å². The summed E-state index contributed by atoms with van der Waals surface area (Å²) in [7, 11) is 1.58. The largest absolute Gasteiger partial charge is 0.496 e. The SMILES string of the molecule is COc1ccccc1-c1n[nH]c(=S)n1NCc1c(F)cccc1Cl. The molecule has 0 fully saturated rings. The minimum Gasteiger partial charge on any atom is -0.496 e. The van der Waals surface area contributed by atoms with Gasteiger partial charge in [0.1, 0.15) is 11.6 Å². The molecule has 0 atom stereocenters. The highest BCUT2D eigenvalue weighted by Gasteiger charge is 2.14. The van der Waals surface area contributed by atoms with Crippen LogP contribution in [0.2, 0.25) is 5.02 Å². The number of benzene rings is 2. The minimum atomic E-state index is -0.385. The van der Waals surface area contributed by atoms with Crippen LogP contribution >= 0.6 is 23.8 Å². The van der Waals surface area contributed by atoms with Crippen LogP contribution in [-0.4, -0.2) is 22.0 Å². The molecule has 2 N–H and O–H groups in total. The number of aromatic nitrogens is 3. The minimum absolute atomic E-state index is 0.154. The Morgan fingerprint density at radius 3 is 2.83 bits per heavy atom. The van der Waals surface area contributed by atoms with E-state index in [0.29, 0.717) is 26.9 Å². The Bertz CT molecular complexity index is 904. The number of hydrogen-bond donors (Lipinski definition) is 2. The van der Waals surface area contributed by atoms with Crippen molar-refractivity contribution in [2.24, 2.45) is 0 Å². The van der Waals surface area contributed by atoms with Crippen molar-refractivity contribution in [2.75, 3.05) is 12.5 Å². The third kappa shape index (κ3) is 3.13. The normalized spacial score (nSPS) is 10.6. The molecule has 124 valence electrons. The Kier molecular flexibility index (Phi) is 4.82. The fourth-order valence-electron chi connectivity index (χ4n) is 2.31. The molecule has 0 saturated heterocycles. The molecule has 1 heterocycles. The van der Waals surface area contributed by atoms with Crippen LogP contribution in [0.15, 0.2) is 42.5 Å². The van der Waals surface area contributed by atoms with Gasteiger partial charge in [-0.1, -0.05) is 29.8 Å². The molecule has 0 aliphatic carbocycles. The highest BCUT2D eigenvalue weighted by Crippen LogP contribution is 2.28. The van der Waals surface area contributed by atoms with Gasteiger partial charge in [-0.15, -0.1) is 0 Å². The first kappa shape index (κ1) is 16.5. The molecule has 8 heteroatoms. The van der Waals surface area contributed by atoms with Crippen molar-refractivity contribution in [1.29, 1.82) is 0 Å². The number of halogens is 2. The number of aromatic amines is 1. The summed E-state index contributed by atoms with van der Waals surface area (Å²) in [6.45, 7) is 0.154. The fourth-order valence-corrected chi connectivity index (χ4v) is 2.74. The van der Waals surface area contributed by atoms with Crippen LogP contribution in [0.4, 0.5) is 4.39 Å². The zero-order valence-corrected chi connectivity index (χ0v) is 14.3. The van der Waals surface area contributed by atoms with E-state index in [9.17, 15) is 4.39 Å². The fraction of sp³-hybridized carbons (Fsp3) is 0.125. The molecule has 0 spiro atoms. The van der Waals surface area contributed by atoms with Crippen molar-refractivity contribution in [3.05, 3.63) is 63.6 Å². The van der Waals surface area contributed by atoms with Gasteiger partial charge in [-0.25, -0.2) is 14.2 Å². The third-order valence-electron chi connectivity index (χ3n) is 3.50. The topological polar surface area (TPSA) is 54.9 Å². The highest BCUT2D eigenvalue weighted by molar-refractivity contribution is 7.71. The van der Waals surface area contributed by atoms with Gasteiger partial charge >= 0.3 is 0 Å². The van der Waals surface area contributed by atoms with Crippen LogP contribution in [0.25, 0.3) is 11.4 Å². The molecule has 3 aromatic rings. The van der Waals surface area contributed by atoms with Gasteiger partial charge in [-0.05, 0) is 36.5 Å². The lowest BCUT2D eigenvalue weighted by atomic mass is 10.2. The molecule has 0 radical (unpaired) electrons. The number of methoxy groups -OCH3 is 1. The summed E-state index contributed by atoms with van der Waals surface area (Å²) in [5.41, 5.74) is 4.15. The lowest BCUT2D eigenvalue weighted by Gasteiger charge is -2.13. The van der Waals surface area contributed by atoms with E-state index in [1.807, 2.05) is 24.3 Å². The van der Waals surface area contributed by atoms with Gasteiger partial charge in [0, 0.05) is 10.6 Å². The predicted octanol–water partition coefficient (Wildman–Crippen LogP) is 4.15. The van der Waals surface area contributed by atoms with E-state index >= 15 is 0 Å². The first-order valence-electron chi connectivity index (χ1n) is 7.09. The highest BCUT2D eigenvalue weighted by atomic mass is 35.5. The van der Waals surface area contributed by atoms with Crippen LogP contribution in [0.5, 0.6) is 5.75 Å². The average molecular weight is 365 g/mol. The lowest BCUT2D eigenvalue weighted by molar-refractivity contribution is 0.416. The summed E-state index contributed by atoms with van der Waals surface area (Å²) in [4.78, 5) is 0. The van der Waals surface area contributed by atoms with Crippen LogP contribution < -0.4 is 10.2 Å². The summed E-state index contributed by atoms with van der Waals surface area (Å²) in [6.07, 6.45) is 0. The van der Waals surface area contributed by atoms with E-state index in [-0.39, 0.29) is 12.4 Å². The van der Waals surface area contributed by atoms with Crippen LogP contribution in [-0.2, 0) is 6.54 Å². The molecule has 0 aliphatic heterocycles. The van der Waals surface area contributed by atoms with Crippen molar-refractivity contribution >= 4 is 23.8 Å². The zero-order chi connectivity index (χ0) is 17.1. The van der Waals surface area contributed by atoms with Gasteiger partial charge in [0.25, 0.3) is 0 Å². The average Bonchev–Trinajstić information content (AvgIpc) is 2.95. The summed E-state index contributed by atoms with van der Waals surface area (Å²) in [5.74, 6) is 0.798.